The number of benzene rings is 1. The first-order chi connectivity index (χ1) is 13.7. The van der Waals surface area contributed by atoms with Gasteiger partial charge in [0.15, 0.2) is 11.5 Å². The molecule has 0 saturated carbocycles. The number of nitrogens with zero attached hydrogens (tertiary/aromatic N) is 3. The average Bonchev–Trinajstić information content (AvgIpc) is 3.16. The van der Waals surface area contributed by atoms with E-state index in [1.807, 2.05) is 6.20 Å². The van der Waals surface area contributed by atoms with E-state index in [1.54, 1.807) is 30.0 Å². The van der Waals surface area contributed by atoms with Crippen LogP contribution in [0.25, 0.3) is 0 Å². The van der Waals surface area contributed by atoms with Gasteiger partial charge in [0, 0.05) is 50.7 Å². The van der Waals surface area contributed by atoms with E-state index in [2.05, 4.69) is 20.9 Å². The smallest absolute Gasteiger partial charge is 0.251 e. The highest BCUT2D eigenvalue weighted by atomic mass is 16.5. The Labute approximate surface area is 163 Å². The van der Waals surface area contributed by atoms with Gasteiger partial charge in [0.05, 0.1) is 19.4 Å². The summed E-state index contributed by atoms with van der Waals surface area (Å²) in [5.41, 5.74) is 1.29. The summed E-state index contributed by atoms with van der Waals surface area (Å²) >= 11 is 0. The largest absolute Gasteiger partial charge is 0.493 e. The maximum Gasteiger partial charge on any atom is 0.251 e. The summed E-state index contributed by atoms with van der Waals surface area (Å²) in [6, 6.07) is 5.09. The second kappa shape index (κ2) is 9.72. The first-order valence-corrected chi connectivity index (χ1v) is 9.40. The lowest BCUT2D eigenvalue weighted by atomic mass is 10.2. The van der Waals surface area contributed by atoms with Crippen LogP contribution in [0.4, 0.5) is 0 Å². The van der Waals surface area contributed by atoms with E-state index < -0.39 is 0 Å². The highest BCUT2D eigenvalue weighted by molar-refractivity contribution is 5.94. The number of rotatable bonds is 1. The van der Waals surface area contributed by atoms with Gasteiger partial charge in [-0.2, -0.15) is 0 Å². The first-order valence-electron chi connectivity index (χ1n) is 9.40. The van der Waals surface area contributed by atoms with Gasteiger partial charge in [-0.1, -0.05) is 5.21 Å². The van der Waals surface area contributed by atoms with Crippen LogP contribution >= 0.6 is 0 Å². The Morgan fingerprint density at radius 1 is 1.14 bits per heavy atom. The van der Waals surface area contributed by atoms with Gasteiger partial charge in [0.25, 0.3) is 5.91 Å². The van der Waals surface area contributed by atoms with Crippen LogP contribution in [0.2, 0.25) is 0 Å². The maximum absolute atomic E-state index is 12.3. The molecule has 0 saturated heterocycles. The minimum atomic E-state index is -0.188. The summed E-state index contributed by atoms with van der Waals surface area (Å²) < 4.78 is 12.9. The molecule has 1 aromatic heterocycles. The molecule has 9 nitrogen and oxygen atoms in total. The van der Waals surface area contributed by atoms with Crippen molar-refractivity contribution in [1.82, 2.24) is 25.6 Å². The third kappa shape index (κ3) is 5.45. The molecule has 0 fully saturated rings. The van der Waals surface area contributed by atoms with Crippen molar-refractivity contribution in [1.29, 1.82) is 0 Å². The Bertz CT molecular complexity index is 820. The van der Waals surface area contributed by atoms with Crippen molar-refractivity contribution in [2.45, 2.75) is 32.2 Å². The molecule has 2 amide bonds. The summed E-state index contributed by atoms with van der Waals surface area (Å²) in [4.78, 5) is 24.2. The van der Waals surface area contributed by atoms with Gasteiger partial charge in [-0.05, 0) is 24.6 Å². The maximum atomic E-state index is 12.3. The third-order valence-electron chi connectivity index (χ3n) is 4.37. The number of ether oxygens (including phenoxy) is 2. The fraction of sp³-hybridized carbons (Fsp3) is 0.474. The van der Waals surface area contributed by atoms with Gasteiger partial charge in [-0.3, -0.25) is 14.3 Å². The zero-order valence-corrected chi connectivity index (χ0v) is 15.9. The highest BCUT2D eigenvalue weighted by Gasteiger charge is 2.12. The van der Waals surface area contributed by atoms with E-state index in [-0.39, 0.29) is 11.8 Å². The van der Waals surface area contributed by atoms with E-state index in [9.17, 15) is 9.59 Å². The average molecular weight is 387 g/mol. The number of hydrogen-bond donors (Lipinski definition) is 2. The summed E-state index contributed by atoms with van der Waals surface area (Å²) in [6.07, 6.45) is 4.11. The van der Waals surface area contributed by atoms with Crippen molar-refractivity contribution in [3.63, 3.8) is 0 Å². The normalized spacial score (nSPS) is 16.6. The van der Waals surface area contributed by atoms with Gasteiger partial charge >= 0.3 is 0 Å². The number of methoxy groups -OCH3 is 1. The van der Waals surface area contributed by atoms with E-state index in [0.717, 1.165) is 5.69 Å². The van der Waals surface area contributed by atoms with Crippen LogP contribution in [-0.2, 0) is 17.8 Å². The van der Waals surface area contributed by atoms with Crippen molar-refractivity contribution in [2.24, 2.45) is 0 Å². The van der Waals surface area contributed by atoms with Crippen molar-refractivity contribution in [2.75, 3.05) is 26.8 Å². The van der Waals surface area contributed by atoms with Gasteiger partial charge in [0.2, 0.25) is 5.91 Å². The zero-order valence-electron chi connectivity index (χ0n) is 15.9. The molecule has 0 radical (unpaired) electrons. The number of carbonyl (C=O) groups excluding carboxylic acids is 2. The molecule has 4 bridgehead atoms. The number of fused-ring (bicyclic) bond motifs is 4. The SMILES string of the molecule is COc1ccc2cc1OCCCn1cc(nn1)CCC(=O)NCCCNC2=O. The summed E-state index contributed by atoms with van der Waals surface area (Å²) in [6.45, 7) is 2.05. The number of hydrogen-bond acceptors (Lipinski definition) is 6. The first kappa shape index (κ1) is 19.7. The van der Waals surface area contributed by atoms with Crippen LogP contribution in [-0.4, -0.2) is 53.6 Å². The Morgan fingerprint density at radius 2 is 2.00 bits per heavy atom. The minimum absolute atomic E-state index is 0.0352. The zero-order chi connectivity index (χ0) is 19.8. The molecule has 0 unspecified atom stereocenters. The molecule has 9 heteroatoms. The minimum Gasteiger partial charge on any atom is -0.493 e. The Morgan fingerprint density at radius 3 is 2.86 bits per heavy atom. The molecular weight excluding hydrogens is 362 g/mol. The highest BCUT2D eigenvalue weighted by Crippen LogP contribution is 2.28. The molecule has 150 valence electrons. The van der Waals surface area contributed by atoms with E-state index >= 15 is 0 Å². The van der Waals surface area contributed by atoms with E-state index in [4.69, 9.17) is 9.47 Å². The number of amides is 2. The Balaban J connectivity index is 1.70. The molecule has 2 aromatic rings. The lowest BCUT2D eigenvalue weighted by molar-refractivity contribution is -0.121. The molecule has 0 spiro atoms. The van der Waals surface area contributed by atoms with Crippen molar-refractivity contribution in [3.05, 3.63) is 35.7 Å². The van der Waals surface area contributed by atoms with Crippen molar-refractivity contribution in [3.8, 4) is 11.5 Å². The lowest BCUT2D eigenvalue weighted by Gasteiger charge is -2.12. The van der Waals surface area contributed by atoms with Crippen LogP contribution in [0, 0.1) is 0 Å². The standard InChI is InChI=1S/C19H25N5O4/c1-27-16-6-4-14-12-17(16)28-11-3-10-24-13-15(22-23-24)5-7-18(25)20-8-2-9-21-19(14)26/h4,6,12-13H,2-3,5,7-11H2,1H3,(H,20,25)(H,21,26). The molecule has 0 atom stereocenters. The van der Waals surface area contributed by atoms with Crippen LogP contribution in [0.1, 0.15) is 35.3 Å². The molecule has 2 heterocycles. The Kier molecular flexibility index (Phi) is 6.83. The number of carbonyl (C=O) groups is 2. The molecule has 2 N–H and O–H groups in total. The van der Waals surface area contributed by atoms with Crippen molar-refractivity contribution < 1.29 is 19.1 Å². The van der Waals surface area contributed by atoms with Gasteiger partial charge in [-0.25, -0.2) is 0 Å². The molecule has 1 aromatic carbocycles. The van der Waals surface area contributed by atoms with Crippen LogP contribution in [0.3, 0.4) is 0 Å². The number of nitrogens with one attached hydrogen (secondary N) is 2. The predicted octanol–water partition coefficient (Wildman–Crippen LogP) is 0.938. The summed E-state index contributed by atoms with van der Waals surface area (Å²) in [7, 11) is 1.56. The number of aromatic nitrogens is 3. The van der Waals surface area contributed by atoms with Crippen LogP contribution in [0.5, 0.6) is 11.5 Å². The predicted molar refractivity (Wildman–Crippen MR) is 101 cm³/mol. The number of aryl methyl sites for hydroxylation is 2. The van der Waals surface area contributed by atoms with E-state index in [0.29, 0.717) is 69.0 Å². The molecule has 1 aliphatic rings. The molecule has 28 heavy (non-hydrogen) atoms. The second-order valence-electron chi connectivity index (χ2n) is 6.50. The second-order valence-corrected chi connectivity index (χ2v) is 6.50. The topological polar surface area (TPSA) is 107 Å². The van der Waals surface area contributed by atoms with Gasteiger partial charge in [-0.15, -0.1) is 5.10 Å². The summed E-state index contributed by atoms with van der Waals surface area (Å²) in [5.74, 6) is 0.881. The fourth-order valence-corrected chi connectivity index (χ4v) is 2.85. The molecule has 3 rings (SSSR count). The van der Waals surface area contributed by atoms with Crippen LogP contribution < -0.4 is 20.1 Å². The van der Waals surface area contributed by atoms with E-state index in [1.165, 1.54) is 0 Å². The Hall–Kier alpha value is -3.10. The van der Waals surface area contributed by atoms with Gasteiger partial charge in [0.1, 0.15) is 0 Å². The molecule has 0 aliphatic carbocycles. The monoisotopic (exact) mass is 387 g/mol. The third-order valence-corrected chi connectivity index (χ3v) is 4.37. The fourth-order valence-electron chi connectivity index (χ4n) is 2.85. The quantitative estimate of drug-likeness (QED) is 0.754. The van der Waals surface area contributed by atoms with Gasteiger partial charge < -0.3 is 20.1 Å². The van der Waals surface area contributed by atoms with Crippen LogP contribution in [0.15, 0.2) is 24.4 Å². The molecule has 1 aliphatic heterocycles. The summed E-state index contributed by atoms with van der Waals surface area (Å²) in [5, 5.41) is 13.9. The lowest BCUT2D eigenvalue weighted by Crippen LogP contribution is -2.30. The molecular formula is C19H25N5O4. The van der Waals surface area contributed by atoms with Crippen molar-refractivity contribution >= 4 is 11.8 Å².